The van der Waals surface area contributed by atoms with Crippen LogP contribution in [0.2, 0.25) is 10.0 Å². The van der Waals surface area contributed by atoms with Crippen LogP contribution >= 0.6 is 23.2 Å². The smallest absolute Gasteiger partial charge is 0.352 e. The van der Waals surface area contributed by atoms with E-state index in [9.17, 15) is 9.59 Å². The highest BCUT2D eigenvalue weighted by atomic mass is 35.5. The molecule has 0 spiro atoms. The summed E-state index contributed by atoms with van der Waals surface area (Å²) in [5.74, 6) is -1.16. The molecule has 0 unspecified atom stereocenters. The average molecular weight is 286 g/mol. The van der Waals surface area contributed by atoms with Gasteiger partial charge in [-0.05, 0) is 19.1 Å². The number of fused-ring (bicyclic) bond motifs is 1. The average Bonchev–Trinajstić information content (AvgIpc) is 2.25. The Bertz CT molecular complexity index is 734. The number of nitrogens with zero attached hydrogens (tertiary/aromatic N) is 1. The minimum absolute atomic E-state index is 0.0640. The molecule has 2 aromatic rings. The number of carboxylic acid groups (broad SMARTS) is 1. The Morgan fingerprint density at radius 2 is 1.94 bits per heavy atom. The summed E-state index contributed by atoms with van der Waals surface area (Å²) < 4.78 is 1.41. The highest BCUT2D eigenvalue weighted by Crippen LogP contribution is 2.26. The molecule has 1 aromatic carbocycles. The number of aromatic nitrogens is 1. The summed E-state index contributed by atoms with van der Waals surface area (Å²) in [7, 11) is 1.56. The van der Waals surface area contributed by atoms with Crippen molar-refractivity contribution in [3.63, 3.8) is 0 Å². The van der Waals surface area contributed by atoms with Crippen LogP contribution in [0.1, 0.15) is 16.1 Å². The van der Waals surface area contributed by atoms with Crippen LogP contribution in [0.25, 0.3) is 10.9 Å². The van der Waals surface area contributed by atoms with Crippen LogP contribution in [0.3, 0.4) is 0 Å². The first kappa shape index (κ1) is 12.9. The van der Waals surface area contributed by atoms with Gasteiger partial charge >= 0.3 is 5.97 Å². The van der Waals surface area contributed by atoms with Crippen molar-refractivity contribution < 1.29 is 9.90 Å². The van der Waals surface area contributed by atoms with E-state index in [-0.39, 0.29) is 27.1 Å². The van der Waals surface area contributed by atoms with Gasteiger partial charge in [-0.15, -0.1) is 0 Å². The molecule has 0 saturated heterocycles. The van der Waals surface area contributed by atoms with Crippen LogP contribution in [-0.2, 0) is 7.05 Å². The van der Waals surface area contributed by atoms with Crippen LogP contribution in [-0.4, -0.2) is 15.6 Å². The molecular weight excluding hydrogens is 277 g/mol. The van der Waals surface area contributed by atoms with Gasteiger partial charge in [-0.1, -0.05) is 23.2 Å². The van der Waals surface area contributed by atoms with E-state index in [0.717, 1.165) is 0 Å². The molecule has 0 saturated carbocycles. The van der Waals surface area contributed by atoms with Crippen LogP contribution in [0.15, 0.2) is 16.9 Å². The molecule has 6 heteroatoms. The van der Waals surface area contributed by atoms with Gasteiger partial charge in [0.05, 0.1) is 15.9 Å². The number of rotatable bonds is 1. The van der Waals surface area contributed by atoms with Gasteiger partial charge in [0.2, 0.25) is 0 Å². The van der Waals surface area contributed by atoms with E-state index < -0.39 is 5.97 Å². The third kappa shape index (κ3) is 1.78. The number of carbonyl (C=O) groups is 1. The normalized spacial score (nSPS) is 10.9. The van der Waals surface area contributed by atoms with Gasteiger partial charge in [0, 0.05) is 17.6 Å². The summed E-state index contributed by atoms with van der Waals surface area (Å²) in [5.41, 5.74) is 0.107. The van der Waals surface area contributed by atoms with Crippen LogP contribution in [0.4, 0.5) is 0 Å². The second kappa shape index (κ2) is 4.30. The molecule has 0 amide bonds. The number of aromatic carboxylic acids is 1. The standard InChI is InChI=1S/C12H9Cl2NO3/c1-5-10(12(17)18)15(2)8-4-6(13)3-7(14)9(8)11(5)16/h3-4H,1-2H3,(H,17,18). The molecular formula is C12H9Cl2NO3. The molecule has 0 aliphatic carbocycles. The van der Waals surface area contributed by atoms with Gasteiger partial charge in [-0.2, -0.15) is 0 Å². The van der Waals surface area contributed by atoms with E-state index in [2.05, 4.69) is 0 Å². The molecule has 2 rings (SSSR count). The number of aryl methyl sites for hydroxylation is 1. The minimum atomic E-state index is -1.16. The Labute approximate surface area is 112 Å². The molecule has 0 bridgehead atoms. The van der Waals surface area contributed by atoms with Crippen LogP contribution in [0, 0.1) is 6.92 Å². The van der Waals surface area contributed by atoms with Crippen molar-refractivity contribution in [1.82, 2.24) is 4.57 Å². The number of carboxylic acids is 1. The molecule has 0 fully saturated rings. The van der Waals surface area contributed by atoms with E-state index in [1.165, 1.54) is 23.6 Å². The van der Waals surface area contributed by atoms with E-state index in [4.69, 9.17) is 28.3 Å². The third-order valence-electron chi connectivity index (χ3n) is 2.86. The van der Waals surface area contributed by atoms with E-state index in [0.29, 0.717) is 10.5 Å². The summed E-state index contributed by atoms with van der Waals surface area (Å²) in [6.45, 7) is 1.47. The number of pyridine rings is 1. The first-order chi connectivity index (χ1) is 8.34. The lowest BCUT2D eigenvalue weighted by Crippen LogP contribution is -2.20. The van der Waals surface area contributed by atoms with Crippen molar-refractivity contribution in [2.75, 3.05) is 0 Å². The Kier molecular flexibility index (Phi) is 3.09. The van der Waals surface area contributed by atoms with Crippen molar-refractivity contribution in [1.29, 1.82) is 0 Å². The number of halogens is 2. The summed E-state index contributed by atoms with van der Waals surface area (Å²) in [6, 6.07) is 2.99. The van der Waals surface area contributed by atoms with E-state index >= 15 is 0 Å². The van der Waals surface area contributed by atoms with Crippen molar-refractivity contribution in [3.05, 3.63) is 43.7 Å². The molecule has 0 aliphatic heterocycles. The lowest BCUT2D eigenvalue weighted by Gasteiger charge is -2.13. The van der Waals surface area contributed by atoms with Crippen molar-refractivity contribution in [3.8, 4) is 0 Å². The second-order valence-electron chi connectivity index (χ2n) is 3.95. The zero-order valence-electron chi connectivity index (χ0n) is 9.62. The topological polar surface area (TPSA) is 59.3 Å². The van der Waals surface area contributed by atoms with Gasteiger partial charge in [-0.3, -0.25) is 4.79 Å². The van der Waals surface area contributed by atoms with E-state index in [1.807, 2.05) is 0 Å². The second-order valence-corrected chi connectivity index (χ2v) is 4.79. The van der Waals surface area contributed by atoms with Crippen molar-refractivity contribution >= 4 is 40.1 Å². The number of hydrogen-bond acceptors (Lipinski definition) is 2. The quantitative estimate of drug-likeness (QED) is 0.876. The largest absolute Gasteiger partial charge is 0.477 e. The molecule has 4 nitrogen and oxygen atoms in total. The fourth-order valence-corrected chi connectivity index (χ4v) is 2.59. The highest BCUT2D eigenvalue weighted by molar-refractivity contribution is 6.38. The summed E-state index contributed by atoms with van der Waals surface area (Å²) in [5, 5.41) is 10.00. The number of benzene rings is 1. The van der Waals surface area contributed by atoms with Crippen molar-refractivity contribution in [2.45, 2.75) is 6.92 Å². The molecule has 0 atom stereocenters. The highest BCUT2D eigenvalue weighted by Gasteiger charge is 2.19. The lowest BCUT2D eigenvalue weighted by atomic mass is 10.1. The molecule has 0 aliphatic rings. The minimum Gasteiger partial charge on any atom is -0.477 e. The third-order valence-corrected chi connectivity index (χ3v) is 3.37. The summed E-state index contributed by atoms with van der Waals surface area (Å²) in [6.07, 6.45) is 0. The fourth-order valence-electron chi connectivity index (χ4n) is 2.02. The Morgan fingerprint density at radius 1 is 1.33 bits per heavy atom. The van der Waals surface area contributed by atoms with Crippen molar-refractivity contribution in [2.24, 2.45) is 7.05 Å². The first-order valence-corrected chi connectivity index (χ1v) is 5.81. The molecule has 0 radical (unpaired) electrons. The van der Waals surface area contributed by atoms with E-state index in [1.54, 1.807) is 7.05 Å². The Morgan fingerprint density at radius 3 is 2.50 bits per heavy atom. The zero-order chi connectivity index (χ0) is 13.6. The SMILES string of the molecule is Cc1c(C(=O)O)n(C)c2cc(Cl)cc(Cl)c2c1=O. The Hall–Kier alpha value is -1.52. The number of hydrogen-bond donors (Lipinski definition) is 1. The molecule has 1 N–H and O–H groups in total. The predicted molar refractivity (Wildman–Crippen MR) is 70.9 cm³/mol. The molecule has 94 valence electrons. The zero-order valence-corrected chi connectivity index (χ0v) is 11.1. The first-order valence-electron chi connectivity index (χ1n) is 5.06. The molecule has 1 heterocycles. The lowest BCUT2D eigenvalue weighted by molar-refractivity contribution is 0.0685. The van der Waals surface area contributed by atoms with Gasteiger partial charge < -0.3 is 9.67 Å². The van der Waals surface area contributed by atoms with Crippen LogP contribution in [0.5, 0.6) is 0 Å². The maximum Gasteiger partial charge on any atom is 0.352 e. The van der Waals surface area contributed by atoms with Gasteiger partial charge in [-0.25, -0.2) is 4.79 Å². The van der Waals surface area contributed by atoms with Gasteiger partial charge in [0.15, 0.2) is 5.43 Å². The fraction of sp³-hybridized carbons (Fsp3) is 0.167. The Balaban J connectivity index is 3.13. The van der Waals surface area contributed by atoms with Crippen LogP contribution < -0.4 is 5.43 Å². The monoisotopic (exact) mass is 285 g/mol. The molecule has 1 aromatic heterocycles. The van der Waals surface area contributed by atoms with Gasteiger partial charge in [0.25, 0.3) is 0 Å². The summed E-state index contributed by atoms with van der Waals surface area (Å²) in [4.78, 5) is 23.3. The maximum atomic E-state index is 12.1. The predicted octanol–water partition coefficient (Wildman–Crippen LogP) is 2.85. The maximum absolute atomic E-state index is 12.1. The van der Waals surface area contributed by atoms with Gasteiger partial charge in [0.1, 0.15) is 5.69 Å². The summed E-state index contributed by atoms with van der Waals surface area (Å²) >= 11 is 11.9. The molecule has 18 heavy (non-hydrogen) atoms.